The monoisotopic (exact) mass is 464 g/mol. The van der Waals surface area contributed by atoms with Crippen LogP contribution >= 0.6 is 0 Å². The number of fused-ring (bicyclic) bond motifs is 3. The zero-order chi connectivity index (χ0) is 24.1. The Morgan fingerprint density at radius 2 is 1.62 bits per heavy atom. The van der Waals surface area contributed by atoms with E-state index < -0.39 is 24.0 Å². The highest BCUT2D eigenvalue weighted by Crippen LogP contribution is 2.44. The molecule has 2 unspecified atom stereocenters. The topological polar surface area (TPSA) is 105 Å². The molecule has 1 saturated carbocycles. The number of carbonyl (C=O) groups excluding carboxylic acids is 2. The Morgan fingerprint density at radius 3 is 2.26 bits per heavy atom. The Morgan fingerprint density at radius 1 is 1.00 bits per heavy atom. The van der Waals surface area contributed by atoms with Gasteiger partial charge in [0.2, 0.25) is 5.91 Å². The van der Waals surface area contributed by atoms with Crippen molar-refractivity contribution in [3.05, 3.63) is 59.7 Å². The second-order valence-electron chi connectivity index (χ2n) is 9.37. The first-order valence-corrected chi connectivity index (χ1v) is 12.0. The second kappa shape index (κ2) is 10.7. The molecule has 0 saturated heterocycles. The van der Waals surface area contributed by atoms with E-state index in [2.05, 4.69) is 34.9 Å². The summed E-state index contributed by atoms with van der Waals surface area (Å²) in [6, 6.07) is 15.9. The SMILES string of the molecule is C[C@H](CC(=O)NCC1CCCCC1C(=O)O)NC(=O)OCC1c2ccccc2-c2ccccc21. The smallest absolute Gasteiger partial charge is 0.407 e. The van der Waals surface area contributed by atoms with E-state index in [-0.39, 0.29) is 30.8 Å². The molecule has 0 aliphatic heterocycles. The van der Waals surface area contributed by atoms with Crippen LogP contribution in [0.2, 0.25) is 0 Å². The van der Waals surface area contributed by atoms with Gasteiger partial charge in [0.1, 0.15) is 6.61 Å². The summed E-state index contributed by atoms with van der Waals surface area (Å²) in [4.78, 5) is 36.2. The van der Waals surface area contributed by atoms with Crippen LogP contribution < -0.4 is 10.6 Å². The number of hydrogen-bond acceptors (Lipinski definition) is 4. The van der Waals surface area contributed by atoms with Crippen molar-refractivity contribution in [2.45, 2.75) is 51.0 Å². The molecule has 0 radical (unpaired) electrons. The van der Waals surface area contributed by atoms with E-state index >= 15 is 0 Å². The van der Waals surface area contributed by atoms with Gasteiger partial charge in [-0.15, -0.1) is 0 Å². The summed E-state index contributed by atoms with van der Waals surface area (Å²) in [5, 5.41) is 15.0. The number of benzene rings is 2. The molecule has 3 N–H and O–H groups in total. The van der Waals surface area contributed by atoms with Crippen LogP contribution in [-0.2, 0) is 14.3 Å². The van der Waals surface area contributed by atoms with Gasteiger partial charge >= 0.3 is 12.1 Å². The maximum atomic E-state index is 12.4. The fourth-order valence-corrected chi connectivity index (χ4v) is 5.26. The first kappa shape index (κ1) is 23.8. The first-order chi connectivity index (χ1) is 16.4. The van der Waals surface area contributed by atoms with Crippen LogP contribution in [0.4, 0.5) is 4.79 Å². The molecule has 7 heteroatoms. The highest BCUT2D eigenvalue weighted by molar-refractivity contribution is 5.79. The van der Waals surface area contributed by atoms with Crippen molar-refractivity contribution in [2.24, 2.45) is 11.8 Å². The Kier molecular flexibility index (Phi) is 7.50. The number of hydrogen-bond donors (Lipinski definition) is 3. The van der Waals surface area contributed by atoms with E-state index in [0.29, 0.717) is 13.0 Å². The summed E-state index contributed by atoms with van der Waals surface area (Å²) in [7, 11) is 0. The average molecular weight is 465 g/mol. The molecule has 2 amide bonds. The number of alkyl carbamates (subject to hydrolysis) is 1. The predicted octanol–water partition coefficient (Wildman–Crippen LogP) is 4.31. The standard InChI is InChI=1S/C27H32N2O5/c1-17(14-25(30)28-15-18-8-2-3-9-19(18)26(31)32)29-27(33)34-16-24-22-12-6-4-10-20(22)21-11-5-7-13-23(21)24/h4-7,10-13,17-19,24H,2-3,8-9,14-16H2,1H3,(H,28,30)(H,29,33)(H,31,32)/t17-,18?,19?/m1/s1. The average Bonchev–Trinajstić information content (AvgIpc) is 3.15. The van der Waals surface area contributed by atoms with Crippen LogP contribution in [0.15, 0.2) is 48.5 Å². The molecule has 34 heavy (non-hydrogen) atoms. The van der Waals surface area contributed by atoms with Gasteiger partial charge in [-0.3, -0.25) is 9.59 Å². The van der Waals surface area contributed by atoms with E-state index in [9.17, 15) is 19.5 Å². The molecule has 4 rings (SSSR count). The van der Waals surface area contributed by atoms with Crippen molar-refractivity contribution in [3.63, 3.8) is 0 Å². The first-order valence-electron chi connectivity index (χ1n) is 12.0. The lowest BCUT2D eigenvalue weighted by Gasteiger charge is -2.28. The lowest BCUT2D eigenvalue weighted by molar-refractivity contribution is -0.145. The zero-order valence-corrected chi connectivity index (χ0v) is 19.5. The van der Waals surface area contributed by atoms with Gasteiger partial charge in [0, 0.05) is 24.9 Å². The zero-order valence-electron chi connectivity index (χ0n) is 19.5. The normalized spacial score (nSPS) is 20.0. The maximum absolute atomic E-state index is 12.4. The molecular weight excluding hydrogens is 432 g/mol. The number of carboxylic acid groups (broad SMARTS) is 1. The molecule has 1 fully saturated rings. The van der Waals surface area contributed by atoms with Gasteiger partial charge in [0.05, 0.1) is 5.92 Å². The van der Waals surface area contributed by atoms with Crippen LogP contribution in [-0.4, -0.2) is 42.3 Å². The van der Waals surface area contributed by atoms with Crippen LogP contribution in [0.25, 0.3) is 11.1 Å². The molecular formula is C27H32N2O5. The predicted molar refractivity (Wildman–Crippen MR) is 128 cm³/mol. The molecule has 2 aromatic carbocycles. The Balaban J connectivity index is 1.24. The number of carboxylic acids is 1. The van der Waals surface area contributed by atoms with Crippen LogP contribution in [0.3, 0.4) is 0 Å². The van der Waals surface area contributed by atoms with Crippen molar-refractivity contribution in [1.82, 2.24) is 10.6 Å². The van der Waals surface area contributed by atoms with Crippen molar-refractivity contribution in [1.29, 1.82) is 0 Å². The molecule has 0 spiro atoms. The fraction of sp³-hybridized carbons (Fsp3) is 0.444. The van der Waals surface area contributed by atoms with E-state index in [4.69, 9.17) is 4.74 Å². The van der Waals surface area contributed by atoms with E-state index in [1.54, 1.807) is 6.92 Å². The van der Waals surface area contributed by atoms with Crippen molar-refractivity contribution in [3.8, 4) is 11.1 Å². The third kappa shape index (κ3) is 5.41. The lowest BCUT2D eigenvalue weighted by atomic mass is 9.79. The Labute approximate surface area is 199 Å². The molecule has 180 valence electrons. The van der Waals surface area contributed by atoms with Crippen LogP contribution in [0.1, 0.15) is 56.1 Å². The van der Waals surface area contributed by atoms with Crippen LogP contribution in [0.5, 0.6) is 0 Å². The van der Waals surface area contributed by atoms with E-state index in [1.807, 2.05) is 24.3 Å². The molecule has 0 bridgehead atoms. The van der Waals surface area contributed by atoms with Gasteiger partial charge in [0.15, 0.2) is 0 Å². The molecule has 2 aromatic rings. The third-order valence-electron chi connectivity index (χ3n) is 6.99. The van der Waals surface area contributed by atoms with E-state index in [1.165, 1.54) is 11.1 Å². The quantitative estimate of drug-likeness (QED) is 0.540. The lowest BCUT2D eigenvalue weighted by Crippen LogP contribution is -2.41. The molecule has 7 nitrogen and oxygen atoms in total. The number of nitrogens with one attached hydrogen (secondary N) is 2. The molecule has 0 aromatic heterocycles. The highest BCUT2D eigenvalue weighted by Gasteiger charge is 2.31. The number of aliphatic carboxylic acids is 1. The minimum Gasteiger partial charge on any atom is -0.481 e. The van der Waals surface area contributed by atoms with E-state index in [0.717, 1.165) is 30.4 Å². The minimum absolute atomic E-state index is 0.0190. The van der Waals surface area contributed by atoms with Crippen molar-refractivity contribution in [2.75, 3.05) is 13.2 Å². The molecule has 2 aliphatic rings. The van der Waals surface area contributed by atoms with Gasteiger partial charge in [-0.1, -0.05) is 61.4 Å². The van der Waals surface area contributed by atoms with Crippen LogP contribution in [0, 0.1) is 11.8 Å². The Bertz CT molecular complexity index is 1010. The van der Waals surface area contributed by atoms with Gasteiger partial charge in [-0.25, -0.2) is 4.79 Å². The molecule has 3 atom stereocenters. The number of ether oxygens (including phenoxy) is 1. The second-order valence-corrected chi connectivity index (χ2v) is 9.37. The summed E-state index contributed by atoms with van der Waals surface area (Å²) >= 11 is 0. The minimum atomic E-state index is -0.788. The van der Waals surface area contributed by atoms with Gasteiger partial charge < -0.3 is 20.5 Å². The summed E-state index contributed by atoms with van der Waals surface area (Å²) in [5.41, 5.74) is 4.62. The number of rotatable bonds is 8. The number of carbonyl (C=O) groups is 3. The maximum Gasteiger partial charge on any atom is 0.407 e. The molecule has 2 aliphatic carbocycles. The molecule has 0 heterocycles. The largest absolute Gasteiger partial charge is 0.481 e. The third-order valence-corrected chi connectivity index (χ3v) is 6.99. The van der Waals surface area contributed by atoms with Gasteiger partial charge in [0.25, 0.3) is 0 Å². The summed E-state index contributed by atoms with van der Waals surface area (Å²) in [6.07, 6.45) is 2.93. The van der Waals surface area contributed by atoms with Gasteiger partial charge in [-0.05, 0) is 47.9 Å². The summed E-state index contributed by atoms with van der Waals surface area (Å²) < 4.78 is 5.54. The van der Waals surface area contributed by atoms with Crippen molar-refractivity contribution < 1.29 is 24.2 Å². The summed E-state index contributed by atoms with van der Waals surface area (Å²) in [5.74, 6) is -1.45. The van der Waals surface area contributed by atoms with Crippen molar-refractivity contribution >= 4 is 18.0 Å². The highest BCUT2D eigenvalue weighted by atomic mass is 16.5. The Hall–Kier alpha value is -3.35. The van der Waals surface area contributed by atoms with Gasteiger partial charge in [-0.2, -0.15) is 0 Å². The fourth-order valence-electron chi connectivity index (χ4n) is 5.26. The number of amides is 2. The summed E-state index contributed by atoms with van der Waals surface area (Å²) in [6.45, 7) is 2.33.